The van der Waals surface area contributed by atoms with Gasteiger partial charge in [0.1, 0.15) is 0 Å². The molecule has 122 valence electrons. The molecule has 0 heterocycles. The zero-order chi connectivity index (χ0) is 16.8. The van der Waals surface area contributed by atoms with Crippen molar-refractivity contribution in [3.05, 3.63) is 12.2 Å². The Balaban J connectivity index is -0.000000230. The Hall–Kier alpha value is -0.870. The lowest BCUT2D eigenvalue weighted by molar-refractivity contribution is -0.137. The fraction of sp³-hybridized carbons (Fsp3) is 0.812. The van der Waals surface area contributed by atoms with Gasteiger partial charge < -0.3 is 15.3 Å². The van der Waals surface area contributed by atoms with Crippen molar-refractivity contribution in [3.8, 4) is 0 Å². The number of aliphatic hydroxyl groups is 2. The molecule has 0 saturated heterocycles. The Morgan fingerprint density at radius 3 is 1.55 bits per heavy atom. The standard InChI is InChI=1S/C9H18.C4H8O2.C3H8O2/c1-5-6-7-8-9(2,3)4;1-2-3-4(5)6;1-3(2,4)5/h7-8H,5-6H2,1-4H3;2-3H2,1H3,(H,5,6);4-5H,1-2H3/b8-7+;;. The second-order valence-corrected chi connectivity index (χ2v) is 6.20. The molecule has 0 aromatic rings. The quantitative estimate of drug-likeness (QED) is 0.541. The average Bonchev–Trinajstić information content (AvgIpc) is 2.13. The molecule has 3 N–H and O–H groups in total. The first-order valence-corrected chi connectivity index (χ1v) is 7.17. The van der Waals surface area contributed by atoms with Crippen molar-refractivity contribution in [2.45, 2.75) is 79.9 Å². The molecule has 0 amide bonds. The Morgan fingerprint density at radius 2 is 1.40 bits per heavy atom. The van der Waals surface area contributed by atoms with Crippen LogP contribution in [0.3, 0.4) is 0 Å². The van der Waals surface area contributed by atoms with Gasteiger partial charge in [-0.2, -0.15) is 0 Å². The number of carbonyl (C=O) groups is 1. The van der Waals surface area contributed by atoms with Gasteiger partial charge in [-0.25, -0.2) is 0 Å². The SMILES string of the molecule is CC(C)(O)O.CCC/C=C/C(C)(C)C.CCCC(=O)O. The van der Waals surface area contributed by atoms with E-state index in [1.54, 1.807) is 0 Å². The highest BCUT2D eigenvalue weighted by Gasteiger charge is 2.01. The lowest BCUT2D eigenvalue weighted by Crippen LogP contribution is -2.15. The predicted octanol–water partition coefficient (Wildman–Crippen LogP) is 3.97. The second kappa shape index (κ2) is 13.1. The van der Waals surface area contributed by atoms with Gasteiger partial charge in [0.05, 0.1) is 0 Å². The Morgan fingerprint density at radius 1 is 1.00 bits per heavy atom. The molecule has 0 saturated carbocycles. The summed E-state index contributed by atoms with van der Waals surface area (Å²) in [6.07, 6.45) is 8.04. The minimum atomic E-state index is -1.50. The minimum absolute atomic E-state index is 0.292. The smallest absolute Gasteiger partial charge is 0.303 e. The minimum Gasteiger partial charge on any atom is -0.481 e. The number of carboxylic acids is 1. The maximum absolute atomic E-state index is 9.60. The van der Waals surface area contributed by atoms with Crippen LogP contribution in [-0.2, 0) is 4.79 Å². The summed E-state index contributed by atoms with van der Waals surface area (Å²) in [6.45, 7) is 13.3. The van der Waals surface area contributed by atoms with Gasteiger partial charge in [-0.05, 0) is 32.1 Å². The summed E-state index contributed by atoms with van der Waals surface area (Å²) in [4.78, 5) is 9.60. The molecule has 0 atom stereocenters. The van der Waals surface area contributed by atoms with E-state index < -0.39 is 11.8 Å². The van der Waals surface area contributed by atoms with Crippen molar-refractivity contribution in [2.24, 2.45) is 5.41 Å². The van der Waals surface area contributed by atoms with Crippen LogP contribution in [-0.4, -0.2) is 27.1 Å². The second-order valence-electron chi connectivity index (χ2n) is 6.20. The van der Waals surface area contributed by atoms with E-state index in [-0.39, 0.29) is 0 Å². The van der Waals surface area contributed by atoms with Gasteiger partial charge in [0.25, 0.3) is 0 Å². The summed E-state index contributed by atoms with van der Waals surface area (Å²) in [5, 5.41) is 24.1. The van der Waals surface area contributed by atoms with Gasteiger partial charge in [0.15, 0.2) is 5.79 Å². The van der Waals surface area contributed by atoms with Gasteiger partial charge in [0.2, 0.25) is 0 Å². The molecule has 0 aliphatic rings. The lowest BCUT2D eigenvalue weighted by Gasteiger charge is -2.10. The molecule has 0 aromatic carbocycles. The van der Waals surface area contributed by atoms with Crippen molar-refractivity contribution in [2.75, 3.05) is 0 Å². The van der Waals surface area contributed by atoms with Crippen LogP contribution in [0.1, 0.15) is 74.1 Å². The van der Waals surface area contributed by atoms with Crippen molar-refractivity contribution < 1.29 is 20.1 Å². The molecule has 0 radical (unpaired) electrons. The number of rotatable bonds is 4. The molecule has 0 fully saturated rings. The van der Waals surface area contributed by atoms with E-state index in [1.807, 2.05) is 6.92 Å². The Bertz CT molecular complexity index is 238. The molecule has 0 unspecified atom stereocenters. The topological polar surface area (TPSA) is 77.8 Å². The highest BCUT2D eigenvalue weighted by Crippen LogP contribution is 2.14. The molecular weight excluding hydrogens is 256 g/mol. The highest BCUT2D eigenvalue weighted by atomic mass is 16.5. The summed E-state index contributed by atoms with van der Waals surface area (Å²) >= 11 is 0. The van der Waals surface area contributed by atoms with E-state index in [1.165, 1.54) is 26.7 Å². The number of aliphatic carboxylic acids is 1. The predicted molar refractivity (Wildman–Crippen MR) is 84.6 cm³/mol. The lowest BCUT2D eigenvalue weighted by atomic mass is 9.96. The first kappa shape index (κ1) is 24.2. The molecule has 0 spiro atoms. The zero-order valence-corrected chi connectivity index (χ0v) is 14.2. The average molecular weight is 290 g/mol. The van der Waals surface area contributed by atoms with Crippen LogP contribution in [0, 0.1) is 5.41 Å². The zero-order valence-electron chi connectivity index (χ0n) is 14.2. The van der Waals surface area contributed by atoms with Crippen LogP contribution in [0.15, 0.2) is 12.2 Å². The number of hydrogen-bond donors (Lipinski definition) is 3. The van der Waals surface area contributed by atoms with E-state index in [9.17, 15) is 4.79 Å². The van der Waals surface area contributed by atoms with Crippen molar-refractivity contribution in [1.29, 1.82) is 0 Å². The van der Waals surface area contributed by atoms with E-state index in [0.29, 0.717) is 11.8 Å². The van der Waals surface area contributed by atoms with Gasteiger partial charge in [-0.1, -0.05) is 53.2 Å². The molecule has 0 aliphatic heterocycles. The first-order chi connectivity index (χ1) is 8.83. The van der Waals surface area contributed by atoms with Gasteiger partial charge in [0, 0.05) is 6.42 Å². The first-order valence-electron chi connectivity index (χ1n) is 7.17. The molecule has 4 nitrogen and oxygen atoms in total. The number of carboxylic acid groups (broad SMARTS) is 1. The summed E-state index contributed by atoms with van der Waals surface area (Å²) in [5.41, 5.74) is 0.370. The van der Waals surface area contributed by atoms with Crippen LogP contribution in [0.2, 0.25) is 0 Å². The fourth-order valence-electron chi connectivity index (χ4n) is 0.817. The summed E-state index contributed by atoms with van der Waals surface area (Å²) in [5.74, 6) is -2.21. The van der Waals surface area contributed by atoms with E-state index in [4.69, 9.17) is 15.3 Å². The van der Waals surface area contributed by atoms with E-state index >= 15 is 0 Å². The normalized spacial score (nSPS) is 11.2. The molecular formula is C16H34O4. The van der Waals surface area contributed by atoms with Crippen LogP contribution in [0.25, 0.3) is 0 Å². The largest absolute Gasteiger partial charge is 0.481 e. The number of unbranched alkanes of at least 4 members (excludes halogenated alkanes) is 1. The van der Waals surface area contributed by atoms with Crippen LogP contribution in [0.5, 0.6) is 0 Å². The monoisotopic (exact) mass is 290 g/mol. The van der Waals surface area contributed by atoms with Gasteiger partial charge in [-0.3, -0.25) is 4.79 Å². The fourth-order valence-corrected chi connectivity index (χ4v) is 0.817. The summed E-state index contributed by atoms with van der Waals surface area (Å²) < 4.78 is 0. The third-order valence-electron chi connectivity index (χ3n) is 1.54. The third kappa shape index (κ3) is 67.4. The van der Waals surface area contributed by atoms with E-state index in [0.717, 1.165) is 6.42 Å². The Labute approximate surface area is 124 Å². The summed E-state index contributed by atoms with van der Waals surface area (Å²) in [6, 6.07) is 0. The number of hydrogen-bond acceptors (Lipinski definition) is 3. The maximum Gasteiger partial charge on any atom is 0.303 e. The molecule has 0 bridgehead atoms. The van der Waals surface area contributed by atoms with E-state index in [2.05, 4.69) is 39.8 Å². The van der Waals surface area contributed by atoms with Crippen LogP contribution in [0.4, 0.5) is 0 Å². The van der Waals surface area contributed by atoms with Crippen LogP contribution < -0.4 is 0 Å². The molecule has 20 heavy (non-hydrogen) atoms. The van der Waals surface area contributed by atoms with Crippen molar-refractivity contribution in [1.82, 2.24) is 0 Å². The van der Waals surface area contributed by atoms with Crippen molar-refractivity contribution >= 4 is 5.97 Å². The van der Waals surface area contributed by atoms with Crippen LogP contribution >= 0.6 is 0 Å². The van der Waals surface area contributed by atoms with Gasteiger partial charge in [-0.15, -0.1) is 0 Å². The van der Waals surface area contributed by atoms with Crippen molar-refractivity contribution in [3.63, 3.8) is 0 Å². The third-order valence-corrected chi connectivity index (χ3v) is 1.54. The molecule has 0 aromatic heterocycles. The highest BCUT2D eigenvalue weighted by molar-refractivity contribution is 5.66. The molecule has 0 aliphatic carbocycles. The number of allylic oxidation sites excluding steroid dienone is 2. The molecule has 4 heteroatoms. The maximum atomic E-state index is 9.60. The Kier molecular flexibility index (Phi) is 15.9. The summed E-state index contributed by atoms with van der Waals surface area (Å²) in [7, 11) is 0. The van der Waals surface area contributed by atoms with Gasteiger partial charge >= 0.3 is 5.97 Å². The molecule has 0 rings (SSSR count).